The van der Waals surface area contributed by atoms with Gasteiger partial charge < -0.3 is 4.74 Å². The molecule has 0 saturated carbocycles. The van der Waals surface area contributed by atoms with E-state index in [9.17, 15) is 5.26 Å². The van der Waals surface area contributed by atoms with E-state index in [0.29, 0.717) is 18.8 Å². The molecular weight excluding hydrogens is 214 g/mol. The molecule has 4 heteroatoms. The van der Waals surface area contributed by atoms with E-state index in [-0.39, 0.29) is 6.04 Å². The maximum Gasteiger partial charge on any atom is 0.124 e. The third kappa shape index (κ3) is 2.62. The summed E-state index contributed by atoms with van der Waals surface area (Å²) in [6.07, 6.45) is 0. The molecule has 1 aromatic carbocycles. The van der Waals surface area contributed by atoms with Crippen molar-refractivity contribution in [3.8, 4) is 12.1 Å². The Kier molecular flexibility index (Phi) is 3.72. The molecule has 1 heterocycles. The van der Waals surface area contributed by atoms with E-state index in [1.54, 1.807) is 12.1 Å². The minimum atomic E-state index is -0.285. The van der Waals surface area contributed by atoms with E-state index in [1.165, 1.54) is 0 Å². The van der Waals surface area contributed by atoms with Crippen LogP contribution in [0.3, 0.4) is 0 Å². The van der Waals surface area contributed by atoms with Gasteiger partial charge in [0.15, 0.2) is 0 Å². The fourth-order valence-corrected chi connectivity index (χ4v) is 1.98. The number of hydrogen-bond donors (Lipinski definition) is 0. The smallest absolute Gasteiger partial charge is 0.124 e. The van der Waals surface area contributed by atoms with Crippen molar-refractivity contribution in [1.29, 1.82) is 10.5 Å². The van der Waals surface area contributed by atoms with Crippen LogP contribution in [0.4, 0.5) is 0 Å². The van der Waals surface area contributed by atoms with Crippen molar-refractivity contribution >= 4 is 0 Å². The molecule has 1 aromatic rings. The summed E-state index contributed by atoms with van der Waals surface area (Å²) in [5, 5.41) is 18.1. The van der Waals surface area contributed by atoms with Gasteiger partial charge in [0, 0.05) is 13.1 Å². The molecule has 17 heavy (non-hydrogen) atoms. The summed E-state index contributed by atoms with van der Waals surface area (Å²) in [7, 11) is 0. The second kappa shape index (κ2) is 5.45. The minimum Gasteiger partial charge on any atom is -0.379 e. The molecule has 0 amide bonds. The van der Waals surface area contributed by atoms with Gasteiger partial charge in [-0.05, 0) is 17.7 Å². The summed E-state index contributed by atoms with van der Waals surface area (Å²) in [6.45, 7) is 2.84. The van der Waals surface area contributed by atoms with Crippen LogP contribution in [0.5, 0.6) is 0 Å². The number of nitrogens with zero attached hydrogens (tertiary/aromatic N) is 3. The van der Waals surface area contributed by atoms with Crippen molar-refractivity contribution in [3.63, 3.8) is 0 Å². The van der Waals surface area contributed by atoms with E-state index in [2.05, 4.69) is 17.0 Å². The van der Waals surface area contributed by atoms with Gasteiger partial charge in [-0.3, -0.25) is 4.90 Å². The summed E-state index contributed by atoms with van der Waals surface area (Å²) in [5.74, 6) is 0. The van der Waals surface area contributed by atoms with Crippen LogP contribution in [0.25, 0.3) is 0 Å². The van der Waals surface area contributed by atoms with E-state index in [0.717, 1.165) is 18.7 Å². The Morgan fingerprint density at radius 1 is 1.24 bits per heavy atom. The predicted molar refractivity (Wildman–Crippen MR) is 61.9 cm³/mol. The Morgan fingerprint density at radius 3 is 2.65 bits per heavy atom. The zero-order chi connectivity index (χ0) is 12.1. The van der Waals surface area contributed by atoms with Gasteiger partial charge in [0.25, 0.3) is 0 Å². The van der Waals surface area contributed by atoms with Crippen LogP contribution in [0.15, 0.2) is 24.3 Å². The number of nitriles is 2. The van der Waals surface area contributed by atoms with Gasteiger partial charge in [0.2, 0.25) is 0 Å². The van der Waals surface area contributed by atoms with Gasteiger partial charge in [-0.2, -0.15) is 10.5 Å². The molecule has 2 rings (SSSR count). The van der Waals surface area contributed by atoms with E-state index in [1.807, 2.05) is 12.1 Å². The first-order valence-electron chi connectivity index (χ1n) is 5.56. The maximum atomic E-state index is 9.28. The van der Waals surface area contributed by atoms with E-state index in [4.69, 9.17) is 10.00 Å². The molecule has 1 atom stereocenters. The molecule has 1 aliphatic rings. The van der Waals surface area contributed by atoms with Gasteiger partial charge in [0.1, 0.15) is 6.04 Å². The molecule has 1 aliphatic heterocycles. The highest BCUT2D eigenvalue weighted by Crippen LogP contribution is 2.21. The highest BCUT2D eigenvalue weighted by molar-refractivity contribution is 5.36. The molecule has 0 spiro atoms. The Hall–Kier alpha value is -1.88. The first kappa shape index (κ1) is 11.6. The maximum absolute atomic E-state index is 9.28. The monoisotopic (exact) mass is 227 g/mol. The van der Waals surface area contributed by atoms with Crippen molar-refractivity contribution < 1.29 is 4.74 Å². The molecule has 0 aromatic heterocycles. The summed E-state index contributed by atoms with van der Waals surface area (Å²) in [6, 6.07) is 11.4. The van der Waals surface area contributed by atoms with Crippen LogP contribution in [0.1, 0.15) is 17.2 Å². The highest BCUT2D eigenvalue weighted by atomic mass is 16.5. The van der Waals surface area contributed by atoms with Crippen LogP contribution in [-0.2, 0) is 4.74 Å². The second-order valence-corrected chi connectivity index (χ2v) is 3.92. The average Bonchev–Trinajstić information content (AvgIpc) is 2.41. The minimum absolute atomic E-state index is 0.285. The van der Waals surface area contributed by atoms with Crippen molar-refractivity contribution in [2.75, 3.05) is 26.3 Å². The third-order valence-corrected chi connectivity index (χ3v) is 2.86. The number of morpholine rings is 1. The van der Waals surface area contributed by atoms with E-state index < -0.39 is 0 Å². The number of ether oxygens (including phenoxy) is 1. The Labute approximate surface area is 101 Å². The third-order valence-electron chi connectivity index (χ3n) is 2.86. The second-order valence-electron chi connectivity index (χ2n) is 3.92. The van der Waals surface area contributed by atoms with Crippen LogP contribution in [0.2, 0.25) is 0 Å². The lowest BCUT2D eigenvalue weighted by molar-refractivity contribution is 0.0266. The molecule has 0 unspecified atom stereocenters. The van der Waals surface area contributed by atoms with Crippen molar-refractivity contribution in [2.45, 2.75) is 6.04 Å². The first-order valence-corrected chi connectivity index (χ1v) is 5.56. The summed E-state index contributed by atoms with van der Waals surface area (Å²) < 4.78 is 5.27. The van der Waals surface area contributed by atoms with Gasteiger partial charge in [-0.25, -0.2) is 0 Å². The topological polar surface area (TPSA) is 60.0 Å². The van der Waals surface area contributed by atoms with Crippen molar-refractivity contribution in [2.24, 2.45) is 0 Å². The Bertz CT molecular complexity index is 466. The molecular formula is C13H13N3O. The predicted octanol–water partition coefficient (Wildman–Crippen LogP) is 1.46. The van der Waals surface area contributed by atoms with E-state index >= 15 is 0 Å². The molecule has 0 bridgehead atoms. The molecule has 1 saturated heterocycles. The number of rotatable bonds is 2. The lowest BCUT2D eigenvalue weighted by atomic mass is 10.0. The lowest BCUT2D eigenvalue weighted by Gasteiger charge is -2.30. The molecule has 1 fully saturated rings. The van der Waals surface area contributed by atoms with Gasteiger partial charge in [-0.15, -0.1) is 0 Å². The molecule has 4 nitrogen and oxygen atoms in total. The lowest BCUT2D eigenvalue weighted by Crippen LogP contribution is -2.38. The van der Waals surface area contributed by atoms with Gasteiger partial charge in [-0.1, -0.05) is 12.1 Å². The number of benzene rings is 1. The van der Waals surface area contributed by atoms with Crippen molar-refractivity contribution in [3.05, 3.63) is 35.4 Å². The fraction of sp³-hybridized carbons (Fsp3) is 0.385. The van der Waals surface area contributed by atoms with Crippen molar-refractivity contribution in [1.82, 2.24) is 4.90 Å². The molecule has 86 valence electrons. The van der Waals surface area contributed by atoms with Crippen LogP contribution >= 0.6 is 0 Å². The van der Waals surface area contributed by atoms with Gasteiger partial charge >= 0.3 is 0 Å². The summed E-state index contributed by atoms with van der Waals surface area (Å²) >= 11 is 0. The molecule has 0 radical (unpaired) electrons. The standard InChI is InChI=1S/C13H13N3O/c14-9-11-2-1-3-12(8-11)13(10-15)16-4-6-17-7-5-16/h1-3,8,13H,4-7H2/t13-/m1/s1. The largest absolute Gasteiger partial charge is 0.379 e. The highest BCUT2D eigenvalue weighted by Gasteiger charge is 2.22. The zero-order valence-electron chi connectivity index (χ0n) is 9.47. The Balaban J connectivity index is 2.22. The van der Waals surface area contributed by atoms with Crippen LogP contribution in [-0.4, -0.2) is 31.2 Å². The normalized spacial score (nSPS) is 18.0. The average molecular weight is 227 g/mol. The SMILES string of the molecule is N#Cc1cccc([C@@H](C#N)N2CCOCC2)c1. The number of hydrogen-bond acceptors (Lipinski definition) is 4. The Morgan fingerprint density at radius 2 is 2.00 bits per heavy atom. The quantitative estimate of drug-likeness (QED) is 0.767. The van der Waals surface area contributed by atoms with Crippen LogP contribution < -0.4 is 0 Å². The fourth-order valence-electron chi connectivity index (χ4n) is 1.98. The van der Waals surface area contributed by atoms with Crippen LogP contribution in [0, 0.1) is 22.7 Å². The summed E-state index contributed by atoms with van der Waals surface area (Å²) in [5.41, 5.74) is 1.48. The zero-order valence-corrected chi connectivity index (χ0v) is 9.47. The molecule has 0 aliphatic carbocycles. The molecule has 0 N–H and O–H groups in total. The van der Waals surface area contributed by atoms with Gasteiger partial charge in [0.05, 0.1) is 30.9 Å². The first-order chi connectivity index (χ1) is 8.35. The summed E-state index contributed by atoms with van der Waals surface area (Å²) in [4.78, 5) is 2.08.